The fraction of sp³-hybridized carbons (Fsp3) is 0.250. The van der Waals surface area contributed by atoms with E-state index >= 15 is 0 Å². The summed E-state index contributed by atoms with van der Waals surface area (Å²) in [5.74, 6) is 4.46. The lowest BCUT2D eigenvalue weighted by atomic mass is 10.1. The van der Waals surface area contributed by atoms with Crippen molar-refractivity contribution in [3.63, 3.8) is 0 Å². The summed E-state index contributed by atoms with van der Waals surface area (Å²) < 4.78 is 29.2. The Bertz CT molecular complexity index is 895. The lowest BCUT2D eigenvalue weighted by Crippen LogP contribution is -2.47. The van der Waals surface area contributed by atoms with Gasteiger partial charge in [-0.2, -0.15) is 0 Å². The number of H-pyrrole nitrogens is 1. The highest BCUT2D eigenvalue weighted by Gasteiger charge is 2.50. The van der Waals surface area contributed by atoms with Gasteiger partial charge in [-0.15, -0.1) is 5.92 Å². The number of carbonyl (C=O) groups is 1. The van der Waals surface area contributed by atoms with Gasteiger partial charge in [0.2, 0.25) is 5.88 Å². The second-order valence-corrected chi connectivity index (χ2v) is 7.40. The van der Waals surface area contributed by atoms with E-state index in [1.807, 2.05) is 0 Å². The van der Waals surface area contributed by atoms with Crippen molar-refractivity contribution in [2.24, 2.45) is 0 Å². The Hall–Kier alpha value is -2.83. The molecule has 9 heteroatoms. The molecule has 0 aliphatic rings. The van der Waals surface area contributed by atoms with E-state index in [9.17, 15) is 13.2 Å². The quantitative estimate of drug-likeness (QED) is 0.400. The van der Waals surface area contributed by atoms with Crippen molar-refractivity contribution >= 4 is 15.7 Å². The molecule has 3 N–H and O–H groups in total. The molecule has 0 radical (unpaired) electrons. The summed E-state index contributed by atoms with van der Waals surface area (Å²) in [5.41, 5.74) is 1.53. The largest absolute Gasteiger partial charge is 0.464 e. The molecular formula is C16H17N3O5S. The average molecular weight is 363 g/mol. The zero-order chi connectivity index (χ0) is 18.5. The van der Waals surface area contributed by atoms with Gasteiger partial charge in [-0.3, -0.25) is 10.0 Å². The maximum atomic E-state index is 13.0. The van der Waals surface area contributed by atoms with Crippen molar-refractivity contribution in [2.75, 3.05) is 6.61 Å². The Labute approximate surface area is 145 Å². The molecule has 2 heterocycles. The van der Waals surface area contributed by atoms with Crippen molar-refractivity contribution in [3.05, 3.63) is 42.4 Å². The van der Waals surface area contributed by atoms with Crippen LogP contribution in [0.1, 0.15) is 19.5 Å². The van der Waals surface area contributed by atoms with E-state index in [1.165, 1.54) is 36.8 Å². The van der Waals surface area contributed by atoms with Crippen LogP contribution in [0, 0.1) is 11.8 Å². The summed E-state index contributed by atoms with van der Waals surface area (Å²) in [5, 5.41) is 9.02. The molecule has 25 heavy (non-hydrogen) atoms. The summed E-state index contributed by atoms with van der Waals surface area (Å²) in [6.07, 6.45) is 2.58. The van der Waals surface area contributed by atoms with Crippen LogP contribution in [0.3, 0.4) is 0 Å². The Morgan fingerprint density at radius 3 is 2.72 bits per heavy atom. The van der Waals surface area contributed by atoms with Crippen molar-refractivity contribution in [1.82, 2.24) is 15.4 Å². The first kappa shape index (κ1) is 18.5. The monoisotopic (exact) mass is 363 g/mol. The molecule has 0 aliphatic carbocycles. The van der Waals surface area contributed by atoms with E-state index in [0.717, 1.165) is 6.20 Å². The zero-order valence-corrected chi connectivity index (χ0v) is 14.4. The number of amides is 1. The van der Waals surface area contributed by atoms with E-state index in [0.29, 0.717) is 0 Å². The van der Waals surface area contributed by atoms with E-state index in [4.69, 9.17) is 9.94 Å². The Kier molecular flexibility index (Phi) is 5.46. The Balaban J connectivity index is 2.43. The second kappa shape index (κ2) is 7.38. The summed E-state index contributed by atoms with van der Waals surface area (Å²) in [6.45, 7) is 2.99. The maximum absolute atomic E-state index is 13.0. The number of aromatic nitrogens is 2. The van der Waals surface area contributed by atoms with E-state index < -0.39 is 20.5 Å². The Morgan fingerprint density at radius 1 is 1.44 bits per heavy atom. The van der Waals surface area contributed by atoms with Gasteiger partial charge in [-0.1, -0.05) is 5.92 Å². The van der Waals surface area contributed by atoms with Crippen LogP contribution in [-0.4, -0.2) is 36.1 Å². The predicted molar refractivity (Wildman–Crippen MR) is 88.4 cm³/mol. The van der Waals surface area contributed by atoms with Gasteiger partial charge < -0.3 is 9.72 Å². The summed E-state index contributed by atoms with van der Waals surface area (Å²) in [6, 6.07) is 5.65. The lowest BCUT2D eigenvalue weighted by molar-refractivity contribution is -0.131. The van der Waals surface area contributed by atoms with Gasteiger partial charge in [0.1, 0.15) is 0 Å². The molecule has 2 aromatic rings. The molecule has 8 nitrogen and oxygen atoms in total. The smallest absolute Gasteiger partial charge is 0.270 e. The fourth-order valence-electron chi connectivity index (χ4n) is 2.15. The summed E-state index contributed by atoms with van der Waals surface area (Å²) >= 11 is 0. The van der Waals surface area contributed by atoms with Gasteiger partial charge in [0.25, 0.3) is 5.91 Å². The standard InChI is InChI=1S/C16H17N3O5S/c1-3-4-10-24-14-8-7-12(11-18-14)25(22,23)16(2,15(20)19-21)13-6-5-9-17-13/h5-9,11,17,21H,10H2,1-2H3,(H,19,20). The third-order valence-corrected chi connectivity index (χ3v) is 6.02. The van der Waals surface area contributed by atoms with Crippen LogP contribution >= 0.6 is 0 Å². The minimum absolute atomic E-state index is 0.109. The molecular weight excluding hydrogens is 346 g/mol. The van der Waals surface area contributed by atoms with Crippen LogP contribution in [0.4, 0.5) is 0 Å². The number of carbonyl (C=O) groups excluding carboxylic acids is 1. The van der Waals surface area contributed by atoms with Crippen LogP contribution in [0.25, 0.3) is 0 Å². The molecule has 0 bridgehead atoms. The number of ether oxygens (including phenoxy) is 1. The highest BCUT2D eigenvalue weighted by Crippen LogP contribution is 2.34. The maximum Gasteiger partial charge on any atom is 0.270 e. The highest BCUT2D eigenvalue weighted by molar-refractivity contribution is 7.93. The van der Waals surface area contributed by atoms with Crippen LogP contribution in [0.2, 0.25) is 0 Å². The average Bonchev–Trinajstić information content (AvgIpc) is 3.16. The normalized spacial score (nSPS) is 13.2. The number of nitrogens with one attached hydrogen (secondary N) is 2. The van der Waals surface area contributed by atoms with Gasteiger partial charge in [0.05, 0.1) is 4.90 Å². The third-order valence-electron chi connectivity index (χ3n) is 3.67. The molecule has 0 aromatic carbocycles. The minimum Gasteiger partial charge on any atom is -0.464 e. The molecule has 0 saturated carbocycles. The van der Waals surface area contributed by atoms with Gasteiger partial charge in [-0.05, 0) is 32.0 Å². The number of hydrogen-bond donors (Lipinski definition) is 3. The second-order valence-electron chi connectivity index (χ2n) is 5.11. The van der Waals surface area contributed by atoms with Crippen LogP contribution < -0.4 is 10.2 Å². The molecule has 1 unspecified atom stereocenters. The minimum atomic E-state index is -4.23. The number of rotatable bonds is 6. The van der Waals surface area contributed by atoms with Gasteiger partial charge in [0, 0.05) is 24.2 Å². The summed E-state index contributed by atoms with van der Waals surface area (Å²) in [7, 11) is -4.23. The molecule has 0 spiro atoms. The number of aromatic amines is 1. The van der Waals surface area contributed by atoms with Crippen molar-refractivity contribution in [3.8, 4) is 17.7 Å². The number of sulfone groups is 1. The molecule has 2 aromatic heterocycles. The highest BCUT2D eigenvalue weighted by atomic mass is 32.2. The molecule has 0 fully saturated rings. The van der Waals surface area contributed by atoms with Crippen molar-refractivity contribution in [2.45, 2.75) is 23.5 Å². The zero-order valence-electron chi connectivity index (χ0n) is 13.6. The van der Waals surface area contributed by atoms with Crippen molar-refractivity contribution < 1.29 is 23.2 Å². The van der Waals surface area contributed by atoms with Gasteiger partial charge >= 0.3 is 0 Å². The van der Waals surface area contributed by atoms with Crippen LogP contribution in [0.5, 0.6) is 5.88 Å². The SMILES string of the molecule is CC#CCOc1ccc(S(=O)(=O)C(C)(C(=O)NO)c2ccc[nH]2)cn1. The first-order chi connectivity index (χ1) is 11.9. The first-order valence-electron chi connectivity index (χ1n) is 7.19. The summed E-state index contributed by atoms with van der Waals surface area (Å²) in [4.78, 5) is 18.6. The van der Waals surface area contributed by atoms with Crippen molar-refractivity contribution in [1.29, 1.82) is 0 Å². The third kappa shape index (κ3) is 3.35. The lowest BCUT2D eigenvalue weighted by Gasteiger charge is -2.26. The first-order valence-corrected chi connectivity index (χ1v) is 8.67. The number of hydroxylamine groups is 1. The number of nitrogens with zero attached hydrogens (tertiary/aromatic N) is 1. The molecule has 132 valence electrons. The Morgan fingerprint density at radius 2 is 2.20 bits per heavy atom. The molecule has 0 saturated heterocycles. The molecule has 2 rings (SSSR count). The van der Waals surface area contributed by atoms with Crippen LogP contribution in [-0.2, 0) is 19.4 Å². The van der Waals surface area contributed by atoms with E-state index in [2.05, 4.69) is 21.8 Å². The predicted octanol–water partition coefficient (Wildman–Crippen LogP) is 1.01. The van der Waals surface area contributed by atoms with E-state index in [-0.39, 0.29) is 23.1 Å². The molecule has 1 atom stereocenters. The number of pyridine rings is 1. The molecule has 1 amide bonds. The van der Waals surface area contributed by atoms with Gasteiger partial charge in [0.15, 0.2) is 21.2 Å². The topological polar surface area (TPSA) is 121 Å². The van der Waals surface area contributed by atoms with E-state index in [1.54, 1.807) is 13.0 Å². The van der Waals surface area contributed by atoms with Crippen LogP contribution in [0.15, 0.2) is 41.6 Å². The van der Waals surface area contributed by atoms with Gasteiger partial charge in [-0.25, -0.2) is 18.9 Å². The fourth-order valence-corrected chi connectivity index (χ4v) is 3.77. The number of hydrogen-bond acceptors (Lipinski definition) is 6. The molecule has 0 aliphatic heterocycles.